The van der Waals surface area contributed by atoms with E-state index in [2.05, 4.69) is 71.0 Å². The molecule has 1 rings (SSSR count). The van der Waals surface area contributed by atoms with Crippen molar-refractivity contribution in [1.29, 1.82) is 0 Å². The number of aliphatic hydroxyl groups excluding tert-OH is 1. The largest absolute Gasteiger partial charge is 0.396 e. The Balaban J connectivity index is 3.11. The molecule has 0 radical (unpaired) electrons. The fourth-order valence-corrected chi connectivity index (χ4v) is 2.80. The summed E-state index contributed by atoms with van der Waals surface area (Å²) in [6, 6.07) is 8.32. The number of hydrogen-bond donors (Lipinski definition) is 5. The Morgan fingerprint density at radius 2 is 1.93 bits per heavy atom. The Morgan fingerprint density at radius 3 is 2.57 bits per heavy atom. The number of nitrogens with one attached hydrogen (secondary N) is 4. The second kappa shape index (κ2) is 15.2. The maximum atomic E-state index is 9.19. The minimum absolute atomic E-state index is 0.142. The van der Waals surface area contributed by atoms with E-state index in [0.29, 0.717) is 26.1 Å². The van der Waals surface area contributed by atoms with Crippen molar-refractivity contribution in [3.05, 3.63) is 71.3 Å². The molecule has 0 fully saturated rings. The molecule has 6 heteroatoms. The molecule has 1 aromatic carbocycles. The van der Waals surface area contributed by atoms with Gasteiger partial charge in [-0.25, -0.2) is 0 Å². The quantitative estimate of drug-likeness (QED) is 0.174. The van der Waals surface area contributed by atoms with Crippen molar-refractivity contribution in [3.63, 3.8) is 0 Å². The van der Waals surface area contributed by atoms with Crippen LogP contribution in [0.4, 0.5) is 0 Å². The smallest absolute Gasteiger partial charge is 0.125 e. The average Bonchev–Trinajstić information content (AvgIpc) is 2.75. The van der Waals surface area contributed by atoms with Gasteiger partial charge in [0.2, 0.25) is 0 Å². The van der Waals surface area contributed by atoms with Crippen LogP contribution in [-0.4, -0.2) is 44.1 Å². The van der Waals surface area contributed by atoms with E-state index >= 15 is 0 Å². The molecule has 6 nitrogen and oxygen atoms in total. The summed E-state index contributed by atoms with van der Waals surface area (Å²) in [5, 5.41) is 22.7. The first-order chi connectivity index (χ1) is 14.6. The van der Waals surface area contributed by atoms with Gasteiger partial charge in [0, 0.05) is 33.3 Å². The van der Waals surface area contributed by atoms with Crippen molar-refractivity contribution < 1.29 is 5.11 Å². The first kappa shape index (κ1) is 25.3. The van der Waals surface area contributed by atoms with E-state index in [1.165, 1.54) is 11.1 Å². The fourth-order valence-electron chi connectivity index (χ4n) is 2.80. The van der Waals surface area contributed by atoms with E-state index in [9.17, 15) is 5.11 Å². The summed E-state index contributed by atoms with van der Waals surface area (Å²) in [6.07, 6.45) is 5.82. The van der Waals surface area contributed by atoms with Gasteiger partial charge in [0.15, 0.2) is 0 Å². The van der Waals surface area contributed by atoms with Crippen molar-refractivity contribution in [3.8, 4) is 0 Å². The first-order valence-corrected chi connectivity index (χ1v) is 10.7. The van der Waals surface area contributed by atoms with Gasteiger partial charge in [-0.3, -0.25) is 4.99 Å². The number of benzene rings is 1. The van der Waals surface area contributed by atoms with Gasteiger partial charge in [-0.05, 0) is 43.9 Å². The van der Waals surface area contributed by atoms with Crippen LogP contribution in [0.15, 0.2) is 65.2 Å². The predicted molar refractivity (Wildman–Crippen MR) is 128 cm³/mol. The van der Waals surface area contributed by atoms with E-state index in [1.54, 1.807) is 0 Å². The van der Waals surface area contributed by atoms with Crippen LogP contribution in [0, 0.1) is 6.92 Å². The van der Waals surface area contributed by atoms with Crippen molar-refractivity contribution in [2.24, 2.45) is 4.99 Å². The van der Waals surface area contributed by atoms with Gasteiger partial charge in [0.25, 0.3) is 0 Å². The lowest BCUT2D eigenvalue weighted by Crippen LogP contribution is -2.36. The molecule has 30 heavy (non-hydrogen) atoms. The van der Waals surface area contributed by atoms with Crippen molar-refractivity contribution in [2.75, 3.05) is 33.3 Å². The summed E-state index contributed by atoms with van der Waals surface area (Å²) in [6.45, 7) is 13.2. The van der Waals surface area contributed by atoms with E-state index in [1.807, 2.05) is 26.1 Å². The van der Waals surface area contributed by atoms with Crippen LogP contribution in [0.5, 0.6) is 0 Å². The van der Waals surface area contributed by atoms with Crippen molar-refractivity contribution in [2.45, 2.75) is 40.2 Å². The normalized spacial score (nSPS) is 12.5. The van der Waals surface area contributed by atoms with Crippen LogP contribution in [0.2, 0.25) is 0 Å². The Kier molecular flexibility index (Phi) is 12.8. The fraction of sp³-hybridized carbons (Fsp3) is 0.458. The monoisotopic (exact) mass is 413 g/mol. The van der Waals surface area contributed by atoms with Crippen LogP contribution < -0.4 is 21.3 Å². The summed E-state index contributed by atoms with van der Waals surface area (Å²) >= 11 is 0. The Hall–Kier alpha value is -2.73. The molecule has 0 saturated carbocycles. The highest BCUT2D eigenvalue weighted by molar-refractivity contribution is 5.96. The topological polar surface area (TPSA) is 80.7 Å². The third kappa shape index (κ3) is 9.18. The summed E-state index contributed by atoms with van der Waals surface area (Å²) in [7, 11) is 1.86. The Morgan fingerprint density at radius 1 is 1.17 bits per heavy atom. The highest BCUT2D eigenvalue weighted by Crippen LogP contribution is 2.09. The molecule has 0 aliphatic rings. The zero-order valence-electron chi connectivity index (χ0n) is 19.0. The van der Waals surface area contributed by atoms with Gasteiger partial charge in [0.1, 0.15) is 5.82 Å². The summed E-state index contributed by atoms with van der Waals surface area (Å²) in [4.78, 5) is 4.58. The molecule has 0 heterocycles. The molecule has 0 saturated heterocycles. The number of rotatable bonds is 15. The predicted octanol–water partition coefficient (Wildman–Crippen LogP) is 2.98. The molecular weight excluding hydrogens is 374 g/mol. The summed E-state index contributed by atoms with van der Waals surface area (Å²) < 4.78 is 0. The Labute approximate surface area is 182 Å². The van der Waals surface area contributed by atoms with Gasteiger partial charge in [-0.1, -0.05) is 43.8 Å². The molecule has 0 aromatic heterocycles. The molecule has 0 amide bonds. The van der Waals surface area contributed by atoms with Crippen LogP contribution in [0.3, 0.4) is 0 Å². The standard InChI is InChI=1S/C24H39N5O/c1-6-8-14-22(26-7-2)18-28-23(20(4)25-5)24(27-15-11-16-30)29-17-21-13-10-9-12-19(21)3/h8-10,12-14,25,27-30H,4,6-7,11,15-18H2,1-3,5H3/b14-8-,24-23-,26-22+. The Bertz CT molecular complexity index is 737. The lowest BCUT2D eigenvalue weighted by molar-refractivity contribution is 0.287. The van der Waals surface area contributed by atoms with Crippen LogP contribution in [0.1, 0.15) is 37.8 Å². The summed E-state index contributed by atoms with van der Waals surface area (Å²) in [5.74, 6) is 0.848. The number of likely N-dealkylation sites (N-methyl/N-ethyl adjacent to an activating group) is 1. The highest BCUT2D eigenvalue weighted by atomic mass is 16.3. The molecule has 5 N–H and O–H groups in total. The molecule has 0 aliphatic heterocycles. The number of hydrogen-bond acceptors (Lipinski definition) is 6. The van der Waals surface area contributed by atoms with Gasteiger partial charge in [-0.2, -0.15) is 0 Å². The third-order valence-electron chi connectivity index (χ3n) is 4.56. The SMILES string of the molecule is C=C(NC)/C(NCC(/C=C\CC)=N/CC)=C(\NCCCO)NCc1ccccc1C. The summed E-state index contributed by atoms with van der Waals surface area (Å²) in [5.41, 5.74) is 5.09. The zero-order valence-corrected chi connectivity index (χ0v) is 19.0. The number of allylic oxidation sites excluding steroid dienone is 1. The van der Waals surface area contributed by atoms with E-state index in [-0.39, 0.29) is 6.61 Å². The number of aliphatic hydroxyl groups is 1. The van der Waals surface area contributed by atoms with E-state index < -0.39 is 0 Å². The average molecular weight is 414 g/mol. The van der Waals surface area contributed by atoms with Crippen molar-refractivity contribution in [1.82, 2.24) is 21.3 Å². The lowest BCUT2D eigenvalue weighted by Gasteiger charge is -2.22. The van der Waals surface area contributed by atoms with Crippen LogP contribution >= 0.6 is 0 Å². The molecule has 0 atom stereocenters. The van der Waals surface area contributed by atoms with Gasteiger partial charge >= 0.3 is 0 Å². The highest BCUT2D eigenvalue weighted by Gasteiger charge is 2.11. The number of aliphatic imine (C=N–C) groups is 1. The minimum Gasteiger partial charge on any atom is -0.396 e. The number of nitrogens with zero attached hydrogens (tertiary/aromatic N) is 1. The van der Waals surface area contributed by atoms with Gasteiger partial charge < -0.3 is 26.4 Å². The molecule has 0 spiro atoms. The third-order valence-corrected chi connectivity index (χ3v) is 4.56. The van der Waals surface area contributed by atoms with E-state index in [0.717, 1.165) is 35.9 Å². The second-order valence-electron chi connectivity index (χ2n) is 6.89. The molecular formula is C24H39N5O. The van der Waals surface area contributed by atoms with Crippen LogP contribution in [0.25, 0.3) is 0 Å². The van der Waals surface area contributed by atoms with Gasteiger partial charge in [0.05, 0.1) is 23.7 Å². The number of aryl methyl sites for hydroxylation is 1. The maximum absolute atomic E-state index is 9.19. The van der Waals surface area contributed by atoms with Crippen LogP contribution in [-0.2, 0) is 6.54 Å². The van der Waals surface area contributed by atoms with E-state index in [4.69, 9.17) is 0 Å². The second-order valence-corrected chi connectivity index (χ2v) is 6.89. The lowest BCUT2D eigenvalue weighted by atomic mass is 10.1. The molecule has 0 aliphatic carbocycles. The molecule has 0 unspecified atom stereocenters. The first-order valence-electron chi connectivity index (χ1n) is 10.7. The van der Waals surface area contributed by atoms with Gasteiger partial charge in [-0.15, -0.1) is 0 Å². The maximum Gasteiger partial charge on any atom is 0.125 e. The molecule has 0 bridgehead atoms. The molecule has 1 aromatic rings. The van der Waals surface area contributed by atoms with Crippen molar-refractivity contribution >= 4 is 5.71 Å². The minimum atomic E-state index is 0.142. The molecule has 166 valence electrons. The zero-order chi connectivity index (χ0) is 22.2.